The van der Waals surface area contributed by atoms with Crippen molar-refractivity contribution in [3.8, 4) is 10.6 Å². The molecule has 4 aromatic rings. The first-order valence-electron chi connectivity index (χ1n) is 7.55. The molecule has 0 aliphatic carbocycles. The molecule has 5 heteroatoms. The third-order valence-corrected chi connectivity index (χ3v) is 5.71. The van der Waals surface area contributed by atoms with Crippen LogP contribution in [0, 0.1) is 0 Å². The van der Waals surface area contributed by atoms with Crippen molar-refractivity contribution in [1.29, 1.82) is 0 Å². The molecule has 0 aliphatic heterocycles. The van der Waals surface area contributed by atoms with Crippen LogP contribution in [0.4, 0.5) is 0 Å². The molecule has 4 rings (SSSR count). The van der Waals surface area contributed by atoms with Crippen molar-refractivity contribution in [3.63, 3.8) is 0 Å². The zero-order chi connectivity index (χ0) is 16.4. The third-order valence-electron chi connectivity index (χ3n) is 3.70. The smallest absolute Gasteiger partial charge is 0.261 e. The van der Waals surface area contributed by atoms with Crippen LogP contribution in [0.15, 0.2) is 66.2 Å². The molecular formula is C19H14N2OS2. The summed E-state index contributed by atoms with van der Waals surface area (Å²) >= 11 is 3.18. The van der Waals surface area contributed by atoms with Crippen LogP contribution in [0.1, 0.15) is 15.2 Å². The zero-order valence-electron chi connectivity index (χ0n) is 12.7. The van der Waals surface area contributed by atoms with E-state index < -0.39 is 0 Å². The van der Waals surface area contributed by atoms with Crippen molar-refractivity contribution in [2.45, 2.75) is 6.54 Å². The summed E-state index contributed by atoms with van der Waals surface area (Å²) in [6, 6.07) is 18.0. The minimum Gasteiger partial charge on any atom is -0.347 e. The molecule has 1 amide bonds. The Bertz CT molecular complexity index is 956. The number of nitrogens with one attached hydrogen (secondary N) is 1. The second-order valence-corrected chi connectivity index (χ2v) is 7.39. The topological polar surface area (TPSA) is 42.0 Å². The highest BCUT2D eigenvalue weighted by Crippen LogP contribution is 2.25. The van der Waals surface area contributed by atoms with E-state index in [1.165, 1.54) is 11.3 Å². The first-order valence-corrected chi connectivity index (χ1v) is 9.25. The number of aromatic nitrogens is 1. The molecule has 0 bridgehead atoms. The molecule has 1 N–H and O–H groups in total. The summed E-state index contributed by atoms with van der Waals surface area (Å²) in [5.74, 6) is -0.0364. The number of hydrogen-bond acceptors (Lipinski definition) is 4. The van der Waals surface area contributed by atoms with Crippen molar-refractivity contribution in [3.05, 3.63) is 76.6 Å². The average molecular weight is 350 g/mol. The first-order chi connectivity index (χ1) is 11.8. The molecule has 0 saturated carbocycles. The normalized spacial score (nSPS) is 10.8. The maximum atomic E-state index is 12.4. The van der Waals surface area contributed by atoms with Gasteiger partial charge in [0.2, 0.25) is 0 Å². The van der Waals surface area contributed by atoms with E-state index in [-0.39, 0.29) is 5.91 Å². The van der Waals surface area contributed by atoms with Crippen LogP contribution < -0.4 is 5.32 Å². The van der Waals surface area contributed by atoms with E-state index in [1.54, 1.807) is 17.5 Å². The van der Waals surface area contributed by atoms with E-state index in [1.807, 2.05) is 60.0 Å². The number of nitrogens with zero attached hydrogens (tertiary/aromatic N) is 1. The lowest BCUT2D eigenvalue weighted by atomic mass is 10.2. The third kappa shape index (κ3) is 3.09. The number of amides is 1. The molecule has 0 aliphatic rings. The number of carbonyl (C=O) groups excluding carboxylic acids is 1. The van der Waals surface area contributed by atoms with Gasteiger partial charge in [0, 0.05) is 17.4 Å². The lowest BCUT2D eigenvalue weighted by Crippen LogP contribution is -2.21. The van der Waals surface area contributed by atoms with E-state index in [2.05, 4.69) is 10.3 Å². The van der Waals surface area contributed by atoms with Crippen molar-refractivity contribution >= 4 is 38.7 Å². The van der Waals surface area contributed by atoms with Gasteiger partial charge in [0.15, 0.2) is 0 Å². The summed E-state index contributed by atoms with van der Waals surface area (Å²) in [5, 5.41) is 6.14. The predicted molar refractivity (Wildman–Crippen MR) is 101 cm³/mol. The van der Waals surface area contributed by atoms with Gasteiger partial charge in [0.05, 0.1) is 15.4 Å². The summed E-state index contributed by atoms with van der Waals surface area (Å²) in [4.78, 5) is 18.7. The lowest BCUT2D eigenvalue weighted by molar-refractivity contribution is 0.0955. The Labute approximate surface area is 147 Å². The molecule has 0 atom stereocenters. The van der Waals surface area contributed by atoms with Crippen LogP contribution in [-0.2, 0) is 6.54 Å². The molecule has 3 nitrogen and oxygen atoms in total. The molecule has 118 valence electrons. The van der Waals surface area contributed by atoms with E-state index in [9.17, 15) is 4.79 Å². The quantitative estimate of drug-likeness (QED) is 0.565. The summed E-state index contributed by atoms with van der Waals surface area (Å²) in [7, 11) is 0. The van der Waals surface area contributed by atoms with Gasteiger partial charge in [-0.15, -0.1) is 22.7 Å². The van der Waals surface area contributed by atoms with Crippen LogP contribution in [-0.4, -0.2) is 10.9 Å². The van der Waals surface area contributed by atoms with Gasteiger partial charge < -0.3 is 5.32 Å². The van der Waals surface area contributed by atoms with E-state index >= 15 is 0 Å². The van der Waals surface area contributed by atoms with Crippen LogP contribution in [0.25, 0.3) is 20.7 Å². The fourth-order valence-corrected chi connectivity index (χ4v) is 4.18. The molecule has 3 heterocycles. The highest BCUT2D eigenvalue weighted by Gasteiger charge is 2.10. The molecule has 0 unspecified atom stereocenters. The fraction of sp³-hybridized carbons (Fsp3) is 0.0526. The summed E-state index contributed by atoms with van der Waals surface area (Å²) in [6.07, 6.45) is 1.79. The second-order valence-electron chi connectivity index (χ2n) is 5.36. The Morgan fingerprint density at radius 2 is 2.00 bits per heavy atom. The van der Waals surface area contributed by atoms with Gasteiger partial charge in [-0.3, -0.25) is 9.78 Å². The number of carbonyl (C=O) groups is 1. The van der Waals surface area contributed by atoms with Gasteiger partial charge in [-0.2, -0.15) is 0 Å². The molecular weight excluding hydrogens is 336 g/mol. The van der Waals surface area contributed by atoms with Crippen molar-refractivity contribution in [2.75, 3.05) is 0 Å². The number of hydrogen-bond donors (Lipinski definition) is 1. The summed E-state index contributed by atoms with van der Waals surface area (Å²) in [5.41, 5.74) is 1.99. The number of fused-ring (bicyclic) bond motifs is 1. The van der Waals surface area contributed by atoms with Crippen LogP contribution in [0.2, 0.25) is 0 Å². The number of rotatable bonds is 4. The van der Waals surface area contributed by atoms with Crippen molar-refractivity contribution in [2.24, 2.45) is 0 Å². The molecule has 0 fully saturated rings. The van der Waals surface area contributed by atoms with Crippen LogP contribution >= 0.6 is 22.7 Å². The van der Waals surface area contributed by atoms with Crippen molar-refractivity contribution < 1.29 is 4.79 Å². The maximum Gasteiger partial charge on any atom is 0.261 e. The van der Waals surface area contributed by atoms with Gasteiger partial charge >= 0.3 is 0 Å². The maximum absolute atomic E-state index is 12.4. The molecule has 0 saturated heterocycles. The highest BCUT2D eigenvalue weighted by atomic mass is 32.1. The van der Waals surface area contributed by atoms with Gasteiger partial charge in [-0.1, -0.05) is 24.3 Å². The molecule has 1 aromatic carbocycles. The Morgan fingerprint density at radius 3 is 2.83 bits per heavy atom. The van der Waals surface area contributed by atoms with Crippen molar-refractivity contribution in [1.82, 2.24) is 10.3 Å². The fourth-order valence-electron chi connectivity index (χ4n) is 2.51. The monoisotopic (exact) mass is 350 g/mol. The van der Waals surface area contributed by atoms with Gasteiger partial charge in [0.1, 0.15) is 0 Å². The first kappa shape index (κ1) is 15.1. The average Bonchev–Trinajstić information content (AvgIpc) is 3.29. The molecule has 0 spiro atoms. The number of benzene rings is 1. The minimum atomic E-state index is -0.0364. The minimum absolute atomic E-state index is 0.0364. The van der Waals surface area contributed by atoms with E-state index in [0.717, 1.165) is 31.1 Å². The number of thiophene rings is 2. The van der Waals surface area contributed by atoms with E-state index in [0.29, 0.717) is 6.54 Å². The Morgan fingerprint density at radius 1 is 1.08 bits per heavy atom. The largest absolute Gasteiger partial charge is 0.347 e. The zero-order valence-corrected chi connectivity index (χ0v) is 14.4. The molecule has 0 radical (unpaired) electrons. The SMILES string of the molecule is O=C(NCc1ccnc(-c2cccs2)c1)c1cc2ccccc2s1. The summed E-state index contributed by atoms with van der Waals surface area (Å²) < 4.78 is 1.13. The summed E-state index contributed by atoms with van der Waals surface area (Å²) in [6.45, 7) is 0.494. The van der Waals surface area contributed by atoms with Gasteiger partial charge in [-0.25, -0.2) is 0 Å². The standard InChI is InChI=1S/C19H14N2OS2/c22-19(18-11-14-4-1-2-5-16(14)24-18)21-12-13-7-8-20-15(10-13)17-6-3-9-23-17/h1-11H,12H2,(H,21,22). The lowest BCUT2D eigenvalue weighted by Gasteiger charge is -2.05. The van der Waals surface area contributed by atoms with Gasteiger partial charge in [-0.05, 0) is 46.7 Å². The van der Waals surface area contributed by atoms with Crippen LogP contribution in [0.5, 0.6) is 0 Å². The van der Waals surface area contributed by atoms with E-state index in [4.69, 9.17) is 0 Å². The Hall–Kier alpha value is -2.50. The Kier molecular flexibility index (Phi) is 4.11. The molecule has 3 aromatic heterocycles. The second kappa shape index (κ2) is 6.55. The van der Waals surface area contributed by atoms with Gasteiger partial charge in [0.25, 0.3) is 5.91 Å². The predicted octanol–water partition coefficient (Wildman–Crippen LogP) is 4.95. The Balaban J connectivity index is 1.48. The number of pyridine rings is 1. The highest BCUT2D eigenvalue weighted by molar-refractivity contribution is 7.20. The molecule has 24 heavy (non-hydrogen) atoms. The van der Waals surface area contributed by atoms with Crippen LogP contribution in [0.3, 0.4) is 0 Å².